The second kappa shape index (κ2) is 6.36. The second-order valence-electron chi connectivity index (χ2n) is 4.75. The predicted octanol–water partition coefficient (Wildman–Crippen LogP) is 2.15. The first-order valence-corrected chi connectivity index (χ1v) is 7.02. The fourth-order valence-electron chi connectivity index (χ4n) is 2.21. The zero-order valence-electron chi connectivity index (χ0n) is 12.3. The van der Waals surface area contributed by atoms with Gasteiger partial charge in [-0.1, -0.05) is 13.8 Å². The second-order valence-corrected chi connectivity index (χ2v) is 4.75. The van der Waals surface area contributed by atoms with Crippen LogP contribution in [0.2, 0.25) is 0 Å². The Morgan fingerprint density at radius 1 is 1.30 bits per heavy atom. The van der Waals surface area contributed by atoms with Gasteiger partial charge in [0.2, 0.25) is 5.95 Å². The monoisotopic (exact) mass is 274 g/mol. The molecular weight excluding hydrogens is 252 g/mol. The Bertz CT molecular complexity index is 575. The molecule has 0 radical (unpaired) electrons. The number of nitrogens with two attached hydrogens (primary N) is 1. The number of anilines is 2. The third-order valence-electron chi connectivity index (χ3n) is 3.28. The summed E-state index contributed by atoms with van der Waals surface area (Å²) in [6.07, 6.45) is 5.76. The number of rotatable bonds is 6. The molecule has 3 N–H and O–H groups in total. The lowest BCUT2D eigenvalue weighted by Gasteiger charge is -2.12. The van der Waals surface area contributed by atoms with E-state index < -0.39 is 0 Å². The largest absolute Gasteiger partial charge is 0.368 e. The van der Waals surface area contributed by atoms with Gasteiger partial charge in [-0.2, -0.15) is 4.98 Å². The van der Waals surface area contributed by atoms with Crippen LogP contribution in [0.3, 0.4) is 0 Å². The lowest BCUT2D eigenvalue weighted by molar-refractivity contribution is 0.644. The summed E-state index contributed by atoms with van der Waals surface area (Å²) in [6.45, 7) is 7.83. The highest BCUT2D eigenvalue weighted by molar-refractivity contribution is 5.48. The van der Waals surface area contributed by atoms with Crippen LogP contribution in [0.15, 0.2) is 12.4 Å². The molecule has 20 heavy (non-hydrogen) atoms. The van der Waals surface area contributed by atoms with Crippen molar-refractivity contribution < 1.29 is 0 Å². The SMILES string of the molecule is CCCn1ccnc1CNc1nc(N)nc(CC)c1C. The molecule has 0 aliphatic heterocycles. The van der Waals surface area contributed by atoms with Gasteiger partial charge in [-0.3, -0.25) is 0 Å². The molecule has 0 saturated heterocycles. The van der Waals surface area contributed by atoms with Crippen LogP contribution in [0.5, 0.6) is 0 Å². The summed E-state index contributed by atoms with van der Waals surface area (Å²) in [5.41, 5.74) is 7.78. The smallest absolute Gasteiger partial charge is 0.222 e. The lowest BCUT2D eigenvalue weighted by atomic mass is 10.2. The van der Waals surface area contributed by atoms with E-state index in [0.29, 0.717) is 12.5 Å². The highest BCUT2D eigenvalue weighted by Gasteiger charge is 2.09. The highest BCUT2D eigenvalue weighted by atomic mass is 15.1. The number of nitrogen functional groups attached to an aromatic ring is 1. The van der Waals surface area contributed by atoms with E-state index in [4.69, 9.17) is 5.73 Å². The molecule has 0 aliphatic carbocycles. The van der Waals surface area contributed by atoms with Gasteiger partial charge in [-0.25, -0.2) is 9.97 Å². The van der Waals surface area contributed by atoms with Crippen molar-refractivity contribution >= 4 is 11.8 Å². The van der Waals surface area contributed by atoms with E-state index in [-0.39, 0.29) is 0 Å². The van der Waals surface area contributed by atoms with Crippen molar-refractivity contribution in [2.45, 2.75) is 46.7 Å². The number of nitrogens with zero attached hydrogens (tertiary/aromatic N) is 4. The minimum atomic E-state index is 0.312. The number of imidazole rings is 1. The Hall–Kier alpha value is -2.11. The van der Waals surface area contributed by atoms with Crippen molar-refractivity contribution in [3.63, 3.8) is 0 Å². The quantitative estimate of drug-likeness (QED) is 0.843. The Balaban J connectivity index is 2.14. The summed E-state index contributed by atoms with van der Waals surface area (Å²) in [4.78, 5) is 12.9. The van der Waals surface area contributed by atoms with Crippen molar-refractivity contribution in [1.29, 1.82) is 0 Å². The molecule has 0 bridgehead atoms. The first-order valence-electron chi connectivity index (χ1n) is 7.02. The predicted molar refractivity (Wildman–Crippen MR) is 80.4 cm³/mol. The molecule has 6 heteroatoms. The summed E-state index contributed by atoms with van der Waals surface area (Å²) >= 11 is 0. The molecule has 0 saturated carbocycles. The maximum Gasteiger partial charge on any atom is 0.222 e. The Labute approximate surface area is 119 Å². The van der Waals surface area contributed by atoms with E-state index in [1.807, 2.05) is 19.3 Å². The summed E-state index contributed by atoms with van der Waals surface area (Å²) in [6, 6.07) is 0. The average Bonchev–Trinajstić information content (AvgIpc) is 2.87. The molecule has 2 heterocycles. The van der Waals surface area contributed by atoms with Crippen molar-refractivity contribution in [2.24, 2.45) is 0 Å². The molecule has 108 valence electrons. The van der Waals surface area contributed by atoms with Crippen LogP contribution >= 0.6 is 0 Å². The van der Waals surface area contributed by atoms with Gasteiger partial charge in [0, 0.05) is 24.5 Å². The lowest BCUT2D eigenvalue weighted by Crippen LogP contribution is -2.12. The summed E-state index contributed by atoms with van der Waals surface area (Å²) in [7, 11) is 0. The van der Waals surface area contributed by atoms with Crippen LogP contribution in [-0.4, -0.2) is 19.5 Å². The topological polar surface area (TPSA) is 81.7 Å². The highest BCUT2D eigenvalue weighted by Crippen LogP contribution is 2.17. The van der Waals surface area contributed by atoms with E-state index in [0.717, 1.165) is 42.3 Å². The van der Waals surface area contributed by atoms with Gasteiger partial charge in [0.25, 0.3) is 0 Å². The van der Waals surface area contributed by atoms with Crippen LogP contribution in [-0.2, 0) is 19.5 Å². The van der Waals surface area contributed by atoms with Crippen LogP contribution in [0.25, 0.3) is 0 Å². The Morgan fingerprint density at radius 3 is 2.80 bits per heavy atom. The van der Waals surface area contributed by atoms with Crippen molar-refractivity contribution in [2.75, 3.05) is 11.1 Å². The number of hydrogen-bond donors (Lipinski definition) is 2. The summed E-state index contributed by atoms with van der Waals surface area (Å²) in [5, 5.41) is 3.32. The van der Waals surface area contributed by atoms with Crippen LogP contribution in [0.1, 0.15) is 37.4 Å². The van der Waals surface area contributed by atoms with E-state index in [1.165, 1.54) is 0 Å². The van der Waals surface area contributed by atoms with E-state index in [2.05, 4.69) is 38.7 Å². The average molecular weight is 274 g/mol. The van der Waals surface area contributed by atoms with Crippen molar-refractivity contribution in [3.8, 4) is 0 Å². The minimum absolute atomic E-state index is 0.312. The third-order valence-corrected chi connectivity index (χ3v) is 3.28. The normalized spacial score (nSPS) is 10.8. The fourth-order valence-corrected chi connectivity index (χ4v) is 2.21. The maximum atomic E-state index is 5.75. The van der Waals surface area contributed by atoms with Gasteiger partial charge in [0.15, 0.2) is 0 Å². The van der Waals surface area contributed by atoms with Crippen molar-refractivity contribution in [1.82, 2.24) is 19.5 Å². The van der Waals surface area contributed by atoms with Gasteiger partial charge in [0.1, 0.15) is 11.6 Å². The number of hydrogen-bond acceptors (Lipinski definition) is 5. The fraction of sp³-hybridized carbons (Fsp3) is 0.500. The molecule has 0 fully saturated rings. The van der Waals surface area contributed by atoms with Crippen LogP contribution in [0.4, 0.5) is 11.8 Å². The molecule has 0 aromatic carbocycles. The molecule has 0 amide bonds. The number of aryl methyl sites for hydroxylation is 2. The minimum Gasteiger partial charge on any atom is -0.368 e. The molecule has 6 nitrogen and oxygen atoms in total. The van der Waals surface area contributed by atoms with Gasteiger partial charge >= 0.3 is 0 Å². The molecule has 2 rings (SSSR count). The van der Waals surface area contributed by atoms with Gasteiger partial charge in [-0.15, -0.1) is 0 Å². The van der Waals surface area contributed by atoms with E-state index >= 15 is 0 Å². The molecule has 0 aliphatic rings. The van der Waals surface area contributed by atoms with E-state index in [9.17, 15) is 0 Å². The summed E-state index contributed by atoms with van der Waals surface area (Å²) in [5.74, 6) is 2.11. The molecule has 0 atom stereocenters. The van der Waals surface area contributed by atoms with Gasteiger partial charge in [-0.05, 0) is 19.8 Å². The van der Waals surface area contributed by atoms with Gasteiger partial charge < -0.3 is 15.6 Å². The first-order chi connectivity index (χ1) is 9.65. The summed E-state index contributed by atoms with van der Waals surface area (Å²) < 4.78 is 2.15. The molecule has 2 aromatic rings. The molecule has 0 unspecified atom stereocenters. The zero-order valence-corrected chi connectivity index (χ0v) is 12.3. The molecule has 0 spiro atoms. The van der Waals surface area contributed by atoms with Crippen molar-refractivity contribution in [3.05, 3.63) is 29.5 Å². The number of aromatic nitrogens is 4. The molecular formula is C14H22N6. The molecule has 2 aromatic heterocycles. The zero-order chi connectivity index (χ0) is 14.5. The van der Waals surface area contributed by atoms with E-state index in [1.54, 1.807) is 0 Å². The Kier molecular flexibility index (Phi) is 4.55. The van der Waals surface area contributed by atoms with Crippen LogP contribution < -0.4 is 11.1 Å². The van der Waals surface area contributed by atoms with Crippen LogP contribution in [0, 0.1) is 6.92 Å². The number of nitrogens with one attached hydrogen (secondary N) is 1. The standard InChI is InChI=1S/C14H22N6/c1-4-7-20-8-6-16-12(20)9-17-13-10(3)11(5-2)18-14(15)19-13/h6,8H,4-5,7,9H2,1-3H3,(H3,15,17,18,19). The maximum absolute atomic E-state index is 5.75. The first kappa shape index (κ1) is 14.3. The van der Waals surface area contributed by atoms with Gasteiger partial charge in [0.05, 0.1) is 12.2 Å². The third kappa shape index (κ3) is 3.07. The Morgan fingerprint density at radius 2 is 2.10 bits per heavy atom.